The number of hydrogen-bond donors (Lipinski definition) is 1. The Labute approximate surface area is 119 Å². The zero-order chi connectivity index (χ0) is 14.5. The molecular weight excluding hydrogens is 252 g/mol. The first-order valence-electron chi connectivity index (χ1n) is 6.55. The SMILES string of the molecule is COc1cccc(CN(C)c2cc(CO)cc(C)n2)c1. The second-order valence-corrected chi connectivity index (χ2v) is 4.84. The van der Waals surface area contributed by atoms with Gasteiger partial charge in [-0.1, -0.05) is 12.1 Å². The number of aryl methyl sites for hydroxylation is 1. The van der Waals surface area contributed by atoms with Crippen molar-refractivity contribution in [2.24, 2.45) is 0 Å². The maximum absolute atomic E-state index is 9.26. The van der Waals surface area contributed by atoms with Gasteiger partial charge < -0.3 is 14.7 Å². The van der Waals surface area contributed by atoms with Crippen LogP contribution in [0.3, 0.4) is 0 Å². The van der Waals surface area contributed by atoms with Gasteiger partial charge in [-0.15, -0.1) is 0 Å². The average molecular weight is 272 g/mol. The van der Waals surface area contributed by atoms with Crippen molar-refractivity contribution < 1.29 is 9.84 Å². The summed E-state index contributed by atoms with van der Waals surface area (Å²) in [4.78, 5) is 6.56. The molecule has 4 nitrogen and oxygen atoms in total. The van der Waals surface area contributed by atoms with Crippen molar-refractivity contribution in [2.45, 2.75) is 20.1 Å². The Morgan fingerprint density at radius 2 is 2.00 bits per heavy atom. The molecular formula is C16H20N2O2. The Bertz CT molecular complexity index is 584. The quantitative estimate of drug-likeness (QED) is 0.908. The number of benzene rings is 1. The summed E-state index contributed by atoms with van der Waals surface area (Å²) in [5, 5.41) is 9.26. The first kappa shape index (κ1) is 14.3. The van der Waals surface area contributed by atoms with Gasteiger partial charge in [0.05, 0.1) is 13.7 Å². The van der Waals surface area contributed by atoms with Crippen LogP contribution in [-0.4, -0.2) is 24.2 Å². The monoisotopic (exact) mass is 272 g/mol. The second kappa shape index (κ2) is 6.39. The van der Waals surface area contributed by atoms with Gasteiger partial charge in [-0.3, -0.25) is 0 Å². The van der Waals surface area contributed by atoms with Crippen LogP contribution in [0.5, 0.6) is 5.75 Å². The lowest BCUT2D eigenvalue weighted by Gasteiger charge is -2.19. The molecule has 1 N–H and O–H groups in total. The molecule has 0 aliphatic carbocycles. The topological polar surface area (TPSA) is 45.6 Å². The van der Waals surface area contributed by atoms with Gasteiger partial charge in [0.25, 0.3) is 0 Å². The van der Waals surface area contributed by atoms with Gasteiger partial charge in [-0.2, -0.15) is 0 Å². The van der Waals surface area contributed by atoms with Gasteiger partial charge >= 0.3 is 0 Å². The number of rotatable bonds is 5. The van der Waals surface area contributed by atoms with Crippen molar-refractivity contribution in [2.75, 3.05) is 19.1 Å². The molecule has 0 radical (unpaired) electrons. The van der Waals surface area contributed by atoms with Crippen LogP contribution < -0.4 is 9.64 Å². The van der Waals surface area contributed by atoms with Crippen molar-refractivity contribution in [1.82, 2.24) is 4.98 Å². The summed E-state index contributed by atoms with van der Waals surface area (Å²) in [6.07, 6.45) is 0. The molecule has 0 aliphatic rings. The average Bonchev–Trinajstić information content (AvgIpc) is 2.46. The van der Waals surface area contributed by atoms with Gasteiger partial charge in [0.1, 0.15) is 11.6 Å². The predicted molar refractivity (Wildman–Crippen MR) is 80.0 cm³/mol. The van der Waals surface area contributed by atoms with Crippen LogP contribution in [0.4, 0.5) is 5.82 Å². The maximum atomic E-state index is 9.26. The van der Waals surface area contributed by atoms with Gasteiger partial charge in [-0.25, -0.2) is 4.98 Å². The fourth-order valence-corrected chi connectivity index (χ4v) is 2.13. The van der Waals surface area contributed by atoms with Crippen molar-refractivity contribution >= 4 is 5.82 Å². The van der Waals surface area contributed by atoms with E-state index in [1.165, 1.54) is 0 Å². The number of hydrogen-bond acceptors (Lipinski definition) is 4. The molecule has 106 valence electrons. The molecule has 1 aromatic heterocycles. The Kier molecular flexibility index (Phi) is 4.58. The molecule has 2 aromatic rings. The zero-order valence-corrected chi connectivity index (χ0v) is 12.1. The molecule has 0 spiro atoms. The lowest BCUT2D eigenvalue weighted by Crippen LogP contribution is -2.18. The van der Waals surface area contributed by atoms with Crippen LogP contribution in [0.15, 0.2) is 36.4 Å². The number of aromatic nitrogens is 1. The van der Waals surface area contributed by atoms with Crippen LogP contribution in [0.1, 0.15) is 16.8 Å². The summed E-state index contributed by atoms with van der Waals surface area (Å²) in [6, 6.07) is 11.8. The molecule has 0 atom stereocenters. The second-order valence-electron chi connectivity index (χ2n) is 4.84. The van der Waals surface area contributed by atoms with Crippen LogP contribution in [0.2, 0.25) is 0 Å². The summed E-state index contributed by atoms with van der Waals surface area (Å²) in [5.74, 6) is 1.71. The van der Waals surface area contributed by atoms with E-state index >= 15 is 0 Å². The number of aliphatic hydroxyl groups is 1. The van der Waals surface area contributed by atoms with Crippen molar-refractivity contribution in [3.63, 3.8) is 0 Å². The number of pyridine rings is 1. The number of methoxy groups -OCH3 is 1. The molecule has 0 unspecified atom stereocenters. The number of ether oxygens (including phenoxy) is 1. The van der Waals surface area contributed by atoms with E-state index in [9.17, 15) is 5.11 Å². The highest BCUT2D eigenvalue weighted by molar-refractivity contribution is 5.43. The number of nitrogens with zero attached hydrogens (tertiary/aromatic N) is 2. The molecule has 1 aromatic carbocycles. The third kappa shape index (κ3) is 3.48. The summed E-state index contributed by atoms with van der Waals surface area (Å²) >= 11 is 0. The Morgan fingerprint density at radius 1 is 1.20 bits per heavy atom. The van der Waals surface area contributed by atoms with E-state index in [-0.39, 0.29) is 6.61 Å². The molecule has 0 aliphatic heterocycles. The number of anilines is 1. The van der Waals surface area contributed by atoms with Crippen LogP contribution in [0, 0.1) is 6.92 Å². The fraction of sp³-hybridized carbons (Fsp3) is 0.312. The molecule has 0 saturated carbocycles. The van der Waals surface area contributed by atoms with E-state index in [1.807, 2.05) is 44.3 Å². The molecule has 2 rings (SSSR count). The first-order chi connectivity index (χ1) is 9.62. The minimum Gasteiger partial charge on any atom is -0.497 e. The smallest absolute Gasteiger partial charge is 0.129 e. The molecule has 20 heavy (non-hydrogen) atoms. The lowest BCUT2D eigenvalue weighted by atomic mass is 10.2. The van der Waals surface area contributed by atoms with E-state index < -0.39 is 0 Å². The normalized spacial score (nSPS) is 10.4. The minimum absolute atomic E-state index is 0.0311. The highest BCUT2D eigenvalue weighted by Crippen LogP contribution is 2.18. The van der Waals surface area contributed by atoms with E-state index in [0.29, 0.717) is 0 Å². The third-order valence-electron chi connectivity index (χ3n) is 3.13. The van der Waals surface area contributed by atoms with Crippen LogP contribution in [-0.2, 0) is 13.2 Å². The van der Waals surface area contributed by atoms with Gasteiger partial charge in [0.15, 0.2) is 0 Å². The van der Waals surface area contributed by atoms with Gasteiger partial charge in [0, 0.05) is 19.3 Å². The minimum atomic E-state index is 0.0311. The molecule has 0 fully saturated rings. The third-order valence-corrected chi connectivity index (χ3v) is 3.13. The van der Waals surface area contributed by atoms with Crippen molar-refractivity contribution in [3.05, 3.63) is 53.2 Å². The summed E-state index contributed by atoms with van der Waals surface area (Å²) < 4.78 is 5.23. The Morgan fingerprint density at radius 3 is 2.70 bits per heavy atom. The number of aliphatic hydroxyl groups excluding tert-OH is 1. The van der Waals surface area contributed by atoms with E-state index in [2.05, 4.69) is 16.0 Å². The predicted octanol–water partition coefficient (Wildman–Crippen LogP) is 2.53. The van der Waals surface area contributed by atoms with Gasteiger partial charge in [0.2, 0.25) is 0 Å². The Balaban J connectivity index is 2.18. The zero-order valence-electron chi connectivity index (χ0n) is 12.1. The highest BCUT2D eigenvalue weighted by Gasteiger charge is 2.07. The largest absolute Gasteiger partial charge is 0.497 e. The van der Waals surface area contributed by atoms with Crippen LogP contribution >= 0.6 is 0 Å². The Hall–Kier alpha value is -2.07. The van der Waals surface area contributed by atoms with Crippen molar-refractivity contribution in [1.29, 1.82) is 0 Å². The van der Waals surface area contributed by atoms with E-state index in [4.69, 9.17) is 4.74 Å². The molecule has 0 bridgehead atoms. The highest BCUT2D eigenvalue weighted by atomic mass is 16.5. The maximum Gasteiger partial charge on any atom is 0.129 e. The van der Waals surface area contributed by atoms with E-state index in [0.717, 1.165) is 34.9 Å². The lowest BCUT2D eigenvalue weighted by molar-refractivity contribution is 0.281. The van der Waals surface area contributed by atoms with E-state index in [1.54, 1.807) is 7.11 Å². The first-order valence-corrected chi connectivity index (χ1v) is 6.55. The summed E-state index contributed by atoms with van der Waals surface area (Å²) in [6.45, 7) is 2.70. The molecule has 1 heterocycles. The molecule has 4 heteroatoms. The standard InChI is InChI=1S/C16H20N2O2/c1-12-7-14(11-19)9-16(17-12)18(2)10-13-5-4-6-15(8-13)20-3/h4-9,19H,10-11H2,1-3H3. The summed E-state index contributed by atoms with van der Waals surface area (Å²) in [5.41, 5.74) is 2.94. The molecule has 0 amide bonds. The van der Waals surface area contributed by atoms with Crippen molar-refractivity contribution in [3.8, 4) is 5.75 Å². The fourth-order valence-electron chi connectivity index (χ4n) is 2.13. The summed E-state index contributed by atoms with van der Waals surface area (Å²) in [7, 11) is 3.65. The van der Waals surface area contributed by atoms with Crippen LogP contribution in [0.25, 0.3) is 0 Å². The van der Waals surface area contributed by atoms with Gasteiger partial charge in [-0.05, 0) is 42.3 Å². The molecule has 0 saturated heterocycles.